The predicted octanol–water partition coefficient (Wildman–Crippen LogP) is 3.70. The average Bonchev–Trinajstić information content (AvgIpc) is 2.67. The van der Waals surface area contributed by atoms with E-state index in [1.165, 1.54) is 4.31 Å². The second-order valence-corrected chi connectivity index (χ2v) is 9.78. The Morgan fingerprint density at radius 2 is 1.76 bits per heavy atom. The number of amides is 1. The van der Waals surface area contributed by atoms with E-state index in [0.29, 0.717) is 24.4 Å². The van der Waals surface area contributed by atoms with Gasteiger partial charge in [0.15, 0.2) is 0 Å². The van der Waals surface area contributed by atoms with Gasteiger partial charge in [0.2, 0.25) is 15.9 Å². The van der Waals surface area contributed by atoms with Gasteiger partial charge in [-0.25, -0.2) is 8.42 Å². The molecular weight excluding hydrogens is 384 g/mol. The van der Waals surface area contributed by atoms with E-state index in [2.05, 4.69) is 19.2 Å². The fourth-order valence-electron chi connectivity index (χ4n) is 3.02. The summed E-state index contributed by atoms with van der Waals surface area (Å²) < 4.78 is 28.1. The highest BCUT2D eigenvalue weighted by molar-refractivity contribution is 7.89. The summed E-state index contributed by atoms with van der Waals surface area (Å²) in [4.78, 5) is 12.7. The van der Waals surface area contributed by atoms with Gasteiger partial charge in [0, 0.05) is 13.1 Å². The number of rotatable bonds is 10. The van der Waals surface area contributed by atoms with Crippen molar-refractivity contribution in [3.63, 3.8) is 0 Å². The first-order valence-corrected chi connectivity index (χ1v) is 11.5. The molecule has 5 nitrogen and oxygen atoms in total. The normalized spacial score (nSPS) is 11.8. The third-order valence-electron chi connectivity index (χ3n) is 4.82. The van der Waals surface area contributed by atoms with Gasteiger partial charge < -0.3 is 5.32 Å². The zero-order valence-corrected chi connectivity index (χ0v) is 18.6. The van der Waals surface area contributed by atoms with E-state index in [-0.39, 0.29) is 23.9 Å². The first kappa shape index (κ1) is 23.1. The molecule has 0 unspecified atom stereocenters. The molecule has 1 amide bonds. The molecule has 0 saturated carbocycles. The number of carbonyl (C=O) groups excluding carboxylic acids is 1. The molecule has 2 rings (SSSR count). The van der Waals surface area contributed by atoms with Gasteiger partial charge in [-0.1, -0.05) is 56.3 Å². The van der Waals surface area contributed by atoms with E-state index < -0.39 is 10.0 Å². The molecule has 0 aliphatic heterocycles. The van der Waals surface area contributed by atoms with Gasteiger partial charge in [-0.3, -0.25) is 4.79 Å². The van der Waals surface area contributed by atoms with E-state index >= 15 is 0 Å². The van der Waals surface area contributed by atoms with Crippen molar-refractivity contribution >= 4 is 15.9 Å². The Bertz CT molecular complexity index is 909. The highest BCUT2D eigenvalue weighted by atomic mass is 32.2. The first-order chi connectivity index (χ1) is 13.7. The molecule has 0 atom stereocenters. The van der Waals surface area contributed by atoms with Crippen LogP contribution in [0.5, 0.6) is 0 Å². The second kappa shape index (κ2) is 10.6. The van der Waals surface area contributed by atoms with Crippen LogP contribution in [0.3, 0.4) is 0 Å². The minimum absolute atomic E-state index is 0.180. The number of aryl methyl sites for hydroxylation is 2. The quantitative estimate of drug-likeness (QED) is 0.642. The predicted molar refractivity (Wildman–Crippen MR) is 117 cm³/mol. The molecule has 0 aliphatic carbocycles. The third kappa shape index (κ3) is 6.98. The Kier molecular flexibility index (Phi) is 8.41. The Morgan fingerprint density at radius 3 is 2.41 bits per heavy atom. The average molecular weight is 417 g/mol. The third-order valence-corrected chi connectivity index (χ3v) is 6.81. The molecule has 29 heavy (non-hydrogen) atoms. The molecule has 1 N–H and O–H groups in total. The SMILES string of the molecule is Cc1ccc(C)c(S(=O)(=O)N(CCc2ccccc2)CC(=O)NCCC(C)C)c1. The lowest BCUT2D eigenvalue weighted by atomic mass is 10.1. The van der Waals surface area contributed by atoms with Gasteiger partial charge in [0.1, 0.15) is 0 Å². The Hall–Kier alpha value is -2.18. The van der Waals surface area contributed by atoms with Crippen molar-refractivity contribution in [3.8, 4) is 0 Å². The number of sulfonamides is 1. The van der Waals surface area contributed by atoms with Gasteiger partial charge >= 0.3 is 0 Å². The van der Waals surface area contributed by atoms with Crippen LogP contribution in [0.2, 0.25) is 0 Å². The fourth-order valence-corrected chi connectivity index (χ4v) is 4.73. The van der Waals surface area contributed by atoms with Gasteiger partial charge in [-0.15, -0.1) is 0 Å². The molecule has 0 saturated heterocycles. The van der Waals surface area contributed by atoms with Crippen molar-refractivity contribution in [2.24, 2.45) is 5.92 Å². The largest absolute Gasteiger partial charge is 0.355 e. The molecule has 6 heteroatoms. The van der Waals surface area contributed by atoms with E-state index in [9.17, 15) is 13.2 Å². The smallest absolute Gasteiger partial charge is 0.243 e. The van der Waals surface area contributed by atoms with E-state index in [1.54, 1.807) is 19.1 Å². The van der Waals surface area contributed by atoms with Crippen LogP contribution in [0.15, 0.2) is 53.4 Å². The molecule has 2 aromatic carbocycles. The molecule has 0 aromatic heterocycles. The van der Waals surface area contributed by atoms with Gasteiger partial charge in [-0.2, -0.15) is 4.31 Å². The highest BCUT2D eigenvalue weighted by Gasteiger charge is 2.28. The van der Waals surface area contributed by atoms with Crippen molar-refractivity contribution in [2.45, 2.75) is 45.4 Å². The second-order valence-electron chi connectivity index (χ2n) is 7.88. The monoisotopic (exact) mass is 416 g/mol. The molecule has 0 heterocycles. The van der Waals surface area contributed by atoms with Crippen molar-refractivity contribution < 1.29 is 13.2 Å². The van der Waals surface area contributed by atoms with Gasteiger partial charge in [0.05, 0.1) is 11.4 Å². The Labute approximate surface area is 175 Å². The van der Waals surface area contributed by atoms with E-state index in [1.807, 2.05) is 43.3 Å². The maximum atomic E-state index is 13.4. The molecule has 0 bridgehead atoms. The zero-order valence-electron chi connectivity index (χ0n) is 17.8. The van der Waals surface area contributed by atoms with Crippen LogP contribution in [0, 0.1) is 19.8 Å². The van der Waals surface area contributed by atoms with Crippen LogP contribution in [-0.4, -0.2) is 38.3 Å². The van der Waals surface area contributed by atoms with Crippen LogP contribution in [0.25, 0.3) is 0 Å². The van der Waals surface area contributed by atoms with Crippen molar-refractivity contribution in [1.82, 2.24) is 9.62 Å². The maximum Gasteiger partial charge on any atom is 0.243 e. The summed E-state index contributed by atoms with van der Waals surface area (Å²) in [6.45, 7) is 8.44. The van der Waals surface area contributed by atoms with Crippen LogP contribution in [0.4, 0.5) is 0 Å². The summed E-state index contributed by atoms with van der Waals surface area (Å²) in [6, 6.07) is 15.1. The van der Waals surface area contributed by atoms with Crippen LogP contribution in [-0.2, 0) is 21.2 Å². The van der Waals surface area contributed by atoms with Gasteiger partial charge in [-0.05, 0) is 55.4 Å². The molecule has 158 valence electrons. The number of hydrogen-bond donors (Lipinski definition) is 1. The number of benzene rings is 2. The molecule has 2 aromatic rings. The number of hydrogen-bond acceptors (Lipinski definition) is 3. The van der Waals surface area contributed by atoms with Crippen LogP contribution in [0.1, 0.15) is 37.0 Å². The number of nitrogens with zero attached hydrogens (tertiary/aromatic N) is 1. The zero-order chi connectivity index (χ0) is 21.4. The minimum Gasteiger partial charge on any atom is -0.355 e. The Balaban J connectivity index is 2.22. The van der Waals surface area contributed by atoms with Gasteiger partial charge in [0.25, 0.3) is 0 Å². The van der Waals surface area contributed by atoms with Crippen molar-refractivity contribution in [3.05, 3.63) is 65.2 Å². The minimum atomic E-state index is -3.79. The lowest BCUT2D eigenvalue weighted by Crippen LogP contribution is -2.42. The molecule has 0 aliphatic rings. The summed E-state index contributed by atoms with van der Waals surface area (Å²) in [5.41, 5.74) is 2.59. The summed E-state index contributed by atoms with van der Waals surface area (Å²) in [5.74, 6) is 0.204. The first-order valence-electron chi connectivity index (χ1n) is 10.1. The highest BCUT2D eigenvalue weighted by Crippen LogP contribution is 2.21. The van der Waals surface area contributed by atoms with Crippen molar-refractivity contribution in [2.75, 3.05) is 19.6 Å². The molecular formula is C23H32N2O3S. The lowest BCUT2D eigenvalue weighted by molar-refractivity contribution is -0.121. The standard InChI is InChI=1S/C23H32N2O3S/c1-18(2)12-14-24-23(26)17-25(15-13-21-8-6-5-7-9-21)29(27,28)22-16-19(3)10-11-20(22)4/h5-11,16,18H,12-15,17H2,1-4H3,(H,24,26). The fraction of sp³-hybridized carbons (Fsp3) is 0.435. The summed E-state index contributed by atoms with van der Waals surface area (Å²) in [7, 11) is -3.79. The lowest BCUT2D eigenvalue weighted by Gasteiger charge is -2.23. The topological polar surface area (TPSA) is 66.5 Å². The molecule has 0 spiro atoms. The van der Waals surface area contributed by atoms with Crippen LogP contribution >= 0.6 is 0 Å². The summed E-state index contributed by atoms with van der Waals surface area (Å²) in [5, 5.41) is 2.85. The number of carbonyl (C=O) groups is 1. The summed E-state index contributed by atoms with van der Waals surface area (Å²) >= 11 is 0. The number of nitrogens with one attached hydrogen (secondary N) is 1. The van der Waals surface area contributed by atoms with Crippen LogP contribution < -0.4 is 5.32 Å². The summed E-state index contributed by atoms with van der Waals surface area (Å²) in [6.07, 6.45) is 1.41. The van der Waals surface area contributed by atoms with E-state index in [0.717, 1.165) is 17.5 Å². The van der Waals surface area contributed by atoms with Crippen molar-refractivity contribution in [1.29, 1.82) is 0 Å². The maximum absolute atomic E-state index is 13.4. The molecule has 0 radical (unpaired) electrons. The Morgan fingerprint density at radius 1 is 1.07 bits per heavy atom. The molecule has 0 fully saturated rings. The van der Waals surface area contributed by atoms with E-state index in [4.69, 9.17) is 0 Å².